The van der Waals surface area contributed by atoms with Crippen LogP contribution in [-0.2, 0) is 38.2 Å². The molecule has 2 N–H and O–H groups in total. The summed E-state index contributed by atoms with van der Waals surface area (Å²) in [7, 11) is 0. The number of hydrogen-bond acceptors (Lipinski definition) is 8. The van der Waals surface area contributed by atoms with E-state index in [9.17, 15) is 28.8 Å². The Morgan fingerprint density at radius 1 is 0.532 bits per heavy atom. The summed E-state index contributed by atoms with van der Waals surface area (Å²) in [5.74, 6) is -4.09. The first-order chi connectivity index (χ1) is 29.0. The Bertz CT molecular complexity index is 1820. The quantitative estimate of drug-likeness (QED) is 0.100. The smallest absolute Gasteiger partial charge is 0.307 e. The third-order valence-electron chi connectivity index (χ3n) is 9.91. The lowest BCUT2D eigenvalue weighted by atomic mass is 9.71. The fourth-order valence-corrected chi connectivity index (χ4v) is 6.61. The van der Waals surface area contributed by atoms with E-state index < -0.39 is 46.9 Å². The number of esters is 2. The molecule has 0 amide bonds. The standard InChI is InChI=1S/C48H60O10.2C2H6/c1-31(17-13-19-33(3)21-23-37-35(5)45(55)39(29-47(37,7)8)57-43(53)27-25-41(49)50)15-11-12-16-32(2)18-14-20-34(4)22-24-38-36(6)46(56)40(30-48(38,9)10)58-44(54)28-26-42(51)52;2*1-2/h11-24,39-40H,25-30H2,1-10H3,(H,49,50)(H,51,52);2*1-2H3/b12-11+,17-13+,18-14+,23-21+,24-22+,31-15+,32-16+,33-19+,34-20+;;. The van der Waals surface area contributed by atoms with Gasteiger partial charge in [0.15, 0.2) is 23.8 Å². The average molecular weight is 857 g/mol. The molecule has 2 aliphatic carbocycles. The van der Waals surface area contributed by atoms with Crippen molar-refractivity contribution < 1.29 is 48.5 Å². The van der Waals surface area contributed by atoms with Gasteiger partial charge in [-0.2, -0.15) is 0 Å². The van der Waals surface area contributed by atoms with Gasteiger partial charge in [-0.25, -0.2) is 0 Å². The zero-order valence-corrected chi connectivity index (χ0v) is 39.6. The summed E-state index contributed by atoms with van der Waals surface area (Å²) in [6, 6.07) is 0. The van der Waals surface area contributed by atoms with Crippen LogP contribution >= 0.6 is 0 Å². The number of ketones is 2. The van der Waals surface area contributed by atoms with Crippen LogP contribution in [0.5, 0.6) is 0 Å². The van der Waals surface area contributed by atoms with E-state index >= 15 is 0 Å². The molecule has 0 saturated carbocycles. The van der Waals surface area contributed by atoms with Gasteiger partial charge in [0.25, 0.3) is 0 Å². The van der Waals surface area contributed by atoms with Gasteiger partial charge < -0.3 is 19.7 Å². The molecule has 0 heterocycles. The molecular formula is C52H72O10. The van der Waals surface area contributed by atoms with E-state index in [2.05, 4.69) is 0 Å². The lowest BCUT2D eigenvalue weighted by molar-refractivity contribution is -0.157. The second kappa shape index (κ2) is 28.1. The topological polar surface area (TPSA) is 161 Å². The summed E-state index contributed by atoms with van der Waals surface area (Å²) < 4.78 is 10.7. The average Bonchev–Trinajstić information content (AvgIpc) is 3.20. The van der Waals surface area contributed by atoms with Crippen LogP contribution in [0.15, 0.2) is 130 Å². The molecule has 0 aromatic carbocycles. The predicted molar refractivity (Wildman–Crippen MR) is 249 cm³/mol. The van der Waals surface area contributed by atoms with Crippen molar-refractivity contribution in [1.29, 1.82) is 0 Å². The maximum atomic E-state index is 13.0. The first-order valence-corrected chi connectivity index (χ1v) is 21.5. The maximum absolute atomic E-state index is 13.0. The molecule has 10 heteroatoms. The van der Waals surface area contributed by atoms with E-state index in [1.807, 2.05) is 168 Å². The van der Waals surface area contributed by atoms with Gasteiger partial charge >= 0.3 is 23.9 Å². The molecule has 0 aromatic heterocycles. The van der Waals surface area contributed by atoms with Crippen molar-refractivity contribution in [3.05, 3.63) is 130 Å². The lowest BCUT2D eigenvalue weighted by Crippen LogP contribution is -2.39. The molecule has 2 aliphatic rings. The first-order valence-electron chi connectivity index (χ1n) is 21.5. The molecule has 0 spiro atoms. The van der Waals surface area contributed by atoms with Gasteiger partial charge in [0, 0.05) is 12.8 Å². The highest BCUT2D eigenvalue weighted by Gasteiger charge is 2.41. The monoisotopic (exact) mass is 857 g/mol. The number of ether oxygens (including phenoxy) is 2. The Morgan fingerprint density at radius 3 is 1.13 bits per heavy atom. The molecule has 10 nitrogen and oxygen atoms in total. The predicted octanol–water partition coefficient (Wildman–Crippen LogP) is 11.8. The van der Waals surface area contributed by atoms with E-state index in [0.29, 0.717) is 24.0 Å². The Kier molecular flexibility index (Phi) is 25.5. The van der Waals surface area contributed by atoms with Crippen LogP contribution in [0.1, 0.15) is 135 Å². The number of carboxylic acids is 2. The number of hydrogen-bond donors (Lipinski definition) is 2. The van der Waals surface area contributed by atoms with Crippen molar-refractivity contribution in [1.82, 2.24) is 0 Å². The van der Waals surface area contributed by atoms with Crippen molar-refractivity contribution in [3.63, 3.8) is 0 Å². The highest BCUT2D eigenvalue weighted by atomic mass is 16.6. The summed E-state index contributed by atoms with van der Waals surface area (Å²) in [5.41, 5.74) is 6.02. The minimum absolute atomic E-state index is 0.263. The van der Waals surface area contributed by atoms with Gasteiger partial charge in [-0.05, 0) is 74.7 Å². The SMILES string of the molecule is CC.CC.CC1=C(/C=C/C(C)=C/C=C/C(C)=C/C=C/C=C(C)/C=C/C=C(C)/C=C/C2=C(C)C(=O)C(OC(=O)CCC(=O)O)CC2(C)C)C(C)(C)CC(OC(=O)CCC(=O)O)C1=O. The number of Topliss-reactive ketones (excluding diaryl/α,β-unsaturated/α-hetero) is 2. The Balaban J connectivity index is 0.00000902. The van der Waals surface area contributed by atoms with Crippen LogP contribution in [0.25, 0.3) is 0 Å². The van der Waals surface area contributed by atoms with Crippen molar-refractivity contribution in [2.24, 2.45) is 10.8 Å². The molecular weight excluding hydrogens is 785 g/mol. The van der Waals surface area contributed by atoms with Crippen LogP contribution in [-0.4, -0.2) is 57.9 Å². The molecule has 2 atom stereocenters. The Morgan fingerprint density at radius 2 is 0.823 bits per heavy atom. The van der Waals surface area contributed by atoms with Gasteiger partial charge in [-0.15, -0.1) is 0 Å². The fourth-order valence-electron chi connectivity index (χ4n) is 6.61. The number of carboxylic acid groups (broad SMARTS) is 2. The molecule has 2 unspecified atom stereocenters. The molecule has 62 heavy (non-hydrogen) atoms. The summed E-state index contributed by atoms with van der Waals surface area (Å²) in [6.45, 7) is 27.4. The minimum atomic E-state index is -1.09. The normalized spacial score (nSPS) is 19.9. The second-order valence-corrected chi connectivity index (χ2v) is 16.1. The molecule has 0 bridgehead atoms. The minimum Gasteiger partial charge on any atom is -0.481 e. The number of carbonyl (C=O) groups is 6. The highest BCUT2D eigenvalue weighted by molar-refractivity contribution is 6.02. The summed E-state index contributed by atoms with van der Waals surface area (Å²) in [5, 5.41) is 17.6. The number of rotatable bonds is 18. The van der Waals surface area contributed by atoms with Gasteiger partial charge in [-0.3, -0.25) is 28.8 Å². The molecule has 2 rings (SSSR count). The van der Waals surface area contributed by atoms with E-state index in [4.69, 9.17) is 19.7 Å². The first kappa shape index (κ1) is 56.4. The molecule has 0 fully saturated rings. The van der Waals surface area contributed by atoms with Crippen molar-refractivity contribution in [2.45, 2.75) is 148 Å². The van der Waals surface area contributed by atoms with Crippen LogP contribution in [0, 0.1) is 10.8 Å². The van der Waals surface area contributed by atoms with Crippen molar-refractivity contribution in [2.75, 3.05) is 0 Å². The number of aliphatic carboxylic acids is 2. The number of carbonyl (C=O) groups excluding carboxylic acids is 4. The van der Waals surface area contributed by atoms with Gasteiger partial charge in [0.1, 0.15) is 0 Å². The van der Waals surface area contributed by atoms with E-state index in [-0.39, 0.29) is 37.2 Å². The Hall–Kier alpha value is -5.64. The van der Waals surface area contributed by atoms with Gasteiger partial charge in [-0.1, -0.05) is 163 Å². The van der Waals surface area contributed by atoms with E-state index in [0.717, 1.165) is 33.4 Å². The molecule has 0 radical (unpaired) electrons. The van der Waals surface area contributed by atoms with Gasteiger partial charge in [0.2, 0.25) is 0 Å². The van der Waals surface area contributed by atoms with Crippen molar-refractivity contribution in [3.8, 4) is 0 Å². The zero-order valence-electron chi connectivity index (χ0n) is 39.6. The fraction of sp³-hybridized carbons (Fsp3) is 0.462. The molecule has 340 valence electrons. The summed E-state index contributed by atoms with van der Waals surface area (Å²) in [4.78, 5) is 71.7. The second-order valence-electron chi connectivity index (χ2n) is 16.1. The molecule has 0 aromatic rings. The summed E-state index contributed by atoms with van der Waals surface area (Å²) in [6.07, 6.45) is 25.2. The third-order valence-corrected chi connectivity index (χ3v) is 9.91. The number of allylic oxidation sites excluding steroid dienone is 20. The lowest BCUT2D eigenvalue weighted by Gasteiger charge is -2.36. The molecule has 0 aliphatic heterocycles. The highest BCUT2D eigenvalue weighted by Crippen LogP contribution is 2.42. The van der Waals surface area contributed by atoms with Crippen LogP contribution in [0.2, 0.25) is 0 Å². The van der Waals surface area contributed by atoms with E-state index in [1.54, 1.807) is 13.8 Å². The van der Waals surface area contributed by atoms with Crippen LogP contribution in [0.4, 0.5) is 0 Å². The zero-order chi connectivity index (χ0) is 47.8. The van der Waals surface area contributed by atoms with Gasteiger partial charge in [0.05, 0.1) is 25.7 Å². The van der Waals surface area contributed by atoms with E-state index in [1.165, 1.54) is 0 Å². The molecule has 0 saturated heterocycles. The maximum Gasteiger partial charge on any atom is 0.307 e. The summed E-state index contributed by atoms with van der Waals surface area (Å²) >= 11 is 0. The Labute approximate surface area is 371 Å². The van der Waals surface area contributed by atoms with Crippen LogP contribution in [0.3, 0.4) is 0 Å². The largest absolute Gasteiger partial charge is 0.481 e. The third kappa shape index (κ3) is 20.3. The van der Waals surface area contributed by atoms with Crippen LogP contribution < -0.4 is 0 Å². The van der Waals surface area contributed by atoms with Crippen molar-refractivity contribution >= 4 is 35.4 Å².